The van der Waals surface area contributed by atoms with Crippen molar-refractivity contribution < 1.29 is 5.21 Å². The van der Waals surface area contributed by atoms with Gasteiger partial charge in [-0.25, -0.2) is 4.98 Å². The number of fused-ring (bicyclic) bond motifs is 1. The zero-order valence-electron chi connectivity index (χ0n) is 11.9. The second kappa shape index (κ2) is 5.79. The Morgan fingerprint density at radius 2 is 1.95 bits per heavy atom. The number of benzene rings is 2. The van der Waals surface area contributed by atoms with Gasteiger partial charge in [-0.15, -0.1) is 0 Å². The van der Waals surface area contributed by atoms with E-state index in [4.69, 9.17) is 16.8 Å². The third kappa shape index (κ3) is 2.45. The standard InChI is InChI=1S/C16H14ClN3O2/c1-10-18-15-12(7-8-13(19-22)14(15)17)16(21)20(10)9-11-5-3-2-4-6-11/h2-8,19,22H,9H2,1H3. The molecule has 0 saturated heterocycles. The van der Waals surface area contributed by atoms with E-state index in [1.54, 1.807) is 23.6 Å². The fraction of sp³-hybridized carbons (Fsp3) is 0.125. The van der Waals surface area contributed by atoms with E-state index in [2.05, 4.69) is 4.98 Å². The van der Waals surface area contributed by atoms with E-state index in [1.807, 2.05) is 35.8 Å². The molecule has 0 spiro atoms. The van der Waals surface area contributed by atoms with Gasteiger partial charge < -0.3 is 0 Å². The fourth-order valence-electron chi connectivity index (χ4n) is 2.40. The first-order chi connectivity index (χ1) is 10.6. The molecule has 3 rings (SSSR count). The maximum absolute atomic E-state index is 12.7. The lowest BCUT2D eigenvalue weighted by atomic mass is 10.2. The summed E-state index contributed by atoms with van der Waals surface area (Å²) in [6.07, 6.45) is 0. The third-order valence-corrected chi connectivity index (χ3v) is 3.94. The van der Waals surface area contributed by atoms with E-state index in [9.17, 15) is 4.79 Å². The summed E-state index contributed by atoms with van der Waals surface area (Å²) >= 11 is 6.17. The summed E-state index contributed by atoms with van der Waals surface area (Å²) < 4.78 is 1.61. The van der Waals surface area contributed by atoms with Gasteiger partial charge in [0, 0.05) is 0 Å². The molecule has 0 aliphatic heterocycles. The molecule has 0 aliphatic rings. The Labute approximate surface area is 131 Å². The van der Waals surface area contributed by atoms with Crippen molar-refractivity contribution in [3.63, 3.8) is 0 Å². The van der Waals surface area contributed by atoms with Crippen molar-refractivity contribution in [3.05, 3.63) is 69.2 Å². The van der Waals surface area contributed by atoms with Crippen LogP contribution in [0.15, 0.2) is 47.3 Å². The van der Waals surface area contributed by atoms with Crippen molar-refractivity contribution in [3.8, 4) is 0 Å². The van der Waals surface area contributed by atoms with Crippen molar-refractivity contribution in [1.29, 1.82) is 0 Å². The maximum Gasteiger partial charge on any atom is 0.261 e. The van der Waals surface area contributed by atoms with Crippen LogP contribution in [0.25, 0.3) is 10.9 Å². The Morgan fingerprint density at radius 3 is 2.64 bits per heavy atom. The van der Waals surface area contributed by atoms with Gasteiger partial charge in [0.1, 0.15) is 5.82 Å². The van der Waals surface area contributed by atoms with Crippen molar-refractivity contribution >= 4 is 28.2 Å². The number of hydrogen-bond acceptors (Lipinski definition) is 4. The molecule has 0 saturated carbocycles. The molecule has 0 atom stereocenters. The molecule has 3 aromatic rings. The summed E-state index contributed by atoms with van der Waals surface area (Å²) in [7, 11) is 0. The van der Waals surface area contributed by atoms with Crippen LogP contribution in [0.3, 0.4) is 0 Å². The largest absolute Gasteiger partial charge is 0.292 e. The molecular formula is C16H14ClN3O2. The molecule has 2 N–H and O–H groups in total. The van der Waals surface area contributed by atoms with Crippen LogP contribution in [0.1, 0.15) is 11.4 Å². The van der Waals surface area contributed by atoms with Crippen LogP contribution in [-0.4, -0.2) is 14.8 Å². The van der Waals surface area contributed by atoms with Crippen LogP contribution in [0.2, 0.25) is 5.02 Å². The molecule has 0 unspecified atom stereocenters. The molecule has 2 aromatic carbocycles. The lowest BCUT2D eigenvalue weighted by Gasteiger charge is -2.12. The predicted octanol–water partition coefficient (Wildman–Crippen LogP) is 3.21. The minimum Gasteiger partial charge on any atom is -0.292 e. The van der Waals surface area contributed by atoms with Crippen LogP contribution in [-0.2, 0) is 6.54 Å². The van der Waals surface area contributed by atoms with Gasteiger partial charge in [0.25, 0.3) is 5.56 Å². The summed E-state index contributed by atoms with van der Waals surface area (Å²) in [5.41, 5.74) is 3.57. The SMILES string of the molecule is Cc1nc2c(Cl)c(NO)ccc2c(=O)n1Cc1ccccc1. The average molecular weight is 316 g/mol. The van der Waals surface area contributed by atoms with Gasteiger partial charge in [0.05, 0.1) is 28.2 Å². The third-order valence-electron chi connectivity index (χ3n) is 3.56. The van der Waals surface area contributed by atoms with Crippen molar-refractivity contribution in [2.24, 2.45) is 0 Å². The number of anilines is 1. The second-order valence-electron chi connectivity index (χ2n) is 4.97. The van der Waals surface area contributed by atoms with Gasteiger partial charge in [-0.2, -0.15) is 0 Å². The van der Waals surface area contributed by atoms with Crippen molar-refractivity contribution in [1.82, 2.24) is 9.55 Å². The van der Waals surface area contributed by atoms with Gasteiger partial charge in [0.15, 0.2) is 0 Å². The molecule has 112 valence electrons. The predicted molar refractivity (Wildman–Crippen MR) is 86.7 cm³/mol. The lowest BCUT2D eigenvalue weighted by molar-refractivity contribution is 0.389. The molecule has 0 fully saturated rings. The first-order valence-electron chi connectivity index (χ1n) is 6.75. The zero-order chi connectivity index (χ0) is 15.7. The fourth-order valence-corrected chi connectivity index (χ4v) is 2.65. The molecule has 6 heteroatoms. The zero-order valence-corrected chi connectivity index (χ0v) is 12.6. The van der Waals surface area contributed by atoms with Gasteiger partial charge >= 0.3 is 0 Å². The number of aryl methyl sites for hydroxylation is 1. The summed E-state index contributed by atoms with van der Waals surface area (Å²) in [6.45, 7) is 2.21. The maximum atomic E-state index is 12.7. The van der Waals surface area contributed by atoms with Crippen molar-refractivity contribution in [2.45, 2.75) is 13.5 Å². The highest BCUT2D eigenvalue weighted by molar-refractivity contribution is 6.37. The van der Waals surface area contributed by atoms with Crippen LogP contribution >= 0.6 is 11.6 Å². The summed E-state index contributed by atoms with van der Waals surface area (Å²) in [5.74, 6) is 0.568. The minimum absolute atomic E-state index is 0.155. The smallest absolute Gasteiger partial charge is 0.261 e. The van der Waals surface area contributed by atoms with Crippen LogP contribution in [0, 0.1) is 6.92 Å². The summed E-state index contributed by atoms with van der Waals surface area (Å²) in [6, 6.07) is 12.9. The van der Waals surface area contributed by atoms with E-state index in [-0.39, 0.29) is 10.6 Å². The summed E-state index contributed by atoms with van der Waals surface area (Å²) in [4.78, 5) is 17.1. The number of halogens is 1. The summed E-state index contributed by atoms with van der Waals surface area (Å²) in [5, 5.41) is 9.67. The van der Waals surface area contributed by atoms with Gasteiger partial charge in [-0.05, 0) is 24.6 Å². The normalized spacial score (nSPS) is 10.9. The molecule has 0 bridgehead atoms. The molecule has 22 heavy (non-hydrogen) atoms. The number of aromatic nitrogens is 2. The van der Waals surface area contributed by atoms with Crippen LogP contribution in [0.5, 0.6) is 0 Å². The van der Waals surface area contributed by atoms with E-state index < -0.39 is 0 Å². The highest BCUT2D eigenvalue weighted by Crippen LogP contribution is 2.28. The Bertz CT molecular complexity index is 891. The van der Waals surface area contributed by atoms with Crippen molar-refractivity contribution in [2.75, 3.05) is 5.48 Å². The molecule has 1 aromatic heterocycles. The number of nitrogens with zero attached hydrogens (tertiary/aromatic N) is 2. The molecule has 0 aliphatic carbocycles. The highest BCUT2D eigenvalue weighted by atomic mass is 35.5. The quantitative estimate of drug-likeness (QED) is 0.728. The molecule has 5 nitrogen and oxygen atoms in total. The minimum atomic E-state index is -0.155. The van der Waals surface area contributed by atoms with Crippen LogP contribution < -0.4 is 11.0 Å². The molecule has 0 amide bonds. The topological polar surface area (TPSA) is 67.2 Å². The first kappa shape index (κ1) is 14.6. The first-order valence-corrected chi connectivity index (χ1v) is 7.13. The molecular weight excluding hydrogens is 302 g/mol. The number of nitrogens with one attached hydrogen (secondary N) is 1. The van der Waals surface area contributed by atoms with E-state index in [1.165, 1.54) is 0 Å². The Balaban J connectivity index is 2.19. The highest BCUT2D eigenvalue weighted by Gasteiger charge is 2.13. The van der Waals surface area contributed by atoms with Gasteiger partial charge in [-0.3, -0.25) is 20.0 Å². The lowest BCUT2D eigenvalue weighted by Crippen LogP contribution is -2.24. The second-order valence-corrected chi connectivity index (χ2v) is 5.35. The monoisotopic (exact) mass is 315 g/mol. The Kier molecular flexibility index (Phi) is 3.83. The van der Waals surface area contributed by atoms with E-state index in [0.717, 1.165) is 5.56 Å². The van der Waals surface area contributed by atoms with Gasteiger partial charge in [0.2, 0.25) is 0 Å². The van der Waals surface area contributed by atoms with Gasteiger partial charge in [-0.1, -0.05) is 41.9 Å². The van der Waals surface area contributed by atoms with E-state index in [0.29, 0.717) is 29.0 Å². The molecule has 1 heterocycles. The van der Waals surface area contributed by atoms with E-state index >= 15 is 0 Å². The average Bonchev–Trinajstić information content (AvgIpc) is 2.53. The number of hydrogen-bond donors (Lipinski definition) is 2. The Morgan fingerprint density at radius 1 is 1.23 bits per heavy atom. The van der Waals surface area contributed by atoms with Crippen LogP contribution in [0.4, 0.5) is 5.69 Å². The Hall–Kier alpha value is -2.37. The molecule has 0 radical (unpaired) electrons. The number of rotatable bonds is 3.